The van der Waals surface area contributed by atoms with Gasteiger partial charge >= 0.3 is 0 Å². The molecule has 0 atom stereocenters. The molecule has 0 aliphatic rings. The Hall–Kier alpha value is -0.508. The Labute approximate surface area is 184 Å². The molecule has 0 aromatic heterocycles. The summed E-state index contributed by atoms with van der Waals surface area (Å²) in [5.41, 5.74) is 6.74. The van der Waals surface area contributed by atoms with Crippen molar-refractivity contribution in [1.82, 2.24) is 0 Å². The van der Waals surface area contributed by atoms with Gasteiger partial charge in [0.2, 0.25) is 0 Å². The van der Waals surface area contributed by atoms with Crippen molar-refractivity contribution in [2.75, 3.05) is 0 Å². The van der Waals surface area contributed by atoms with E-state index in [1.807, 2.05) is 41.5 Å². The van der Waals surface area contributed by atoms with Crippen molar-refractivity contribution in [3.05, 3.63) is 77.7 Å². The van der Waals surface area contributed by atoms with Gasteiger partial charge in [-0.15, -0.1) is 0 Å². The Kier molecular flexibility index (Phi) is 36.6. The third-order valence-corrected chi connectivity index (χ3v) is 2.54. The number of hydrogen-bond donors (Lipinski definition) is 0. The van der Waals surface area contributed by atoms with Crippen LogP contribution in [0, 0.1) is 73.2 Å². The van der Waals surface area contributed by atoms with E-state index in [9.17, 15) is 0 Å². The molecule has 0 saturated heterocycles. The summed E-state index contributed by atoms with van der Waals surface area (Å²) < 4.78 is 0. The first-order chi connectivity index (χ1) is 11.0. The monoisotopic (exact) mass is 569 g/mol. The fraction of sp³-hybridized carbons (Fsp3) is 0.458. The Morgan fingerprint density at radius 2 is 0.640 bits per heavy atom. The maximum absolute atomic E-state index is 2.19. The molecule has 0 radical (unpaired) electrons. The van der Waals surface area contributed by atoms with Gasteiger partial charge in [0.1, 0.15) is 0 Å². The number of rotatable bonds is 0. The Balaban J connectivity index is -0.0000000776. The van der Waals surface area contributed by atoms with E-state index in [1.54, 1.807) is 0 Å². The summed E-state index contributed by atoms with van der Waals surface area (Å²) in [6.45, 7) is 22.6. The smallest absolute Gasteiger partial charge is 0 e. The molecule has 1 heteroatoms. The summed E-state index contributed by atoms with van der Waals surface area (Å²) in [6, 6.07) is 15.0. The van der Waals surface area contributed by atoms with Gasteiger partial charge in [-0.2, -0.15) is 0 Å². The average molecular weight is 570 g/mol. The van der Waals surface area contributed by atoms with Crippen LogP contribution in [0.25, 0.3) is 0 Å². The summed E-state index contributed by atoms with van der Waals surface area (Å²) in [4.78, 5) is 0. The van der Waals surface area contributed by atoms with Crippen molar-refractivity contribution in [2.45, 2.75) is 76.2 Å². The summed E-state index contributed by atoms with van der Waals surface area (Å²) in [5.74, 6) is 0. The summed E-state index contributed by atoms with van der Waals surface area (Å²) >= 11 is 0. The first-order valence-electron chi connectivity index (χ1n) is 9.05. The van der Waals surface area contributed by atoms with Crippen molar-refractivity contribution >= 4 is 0 Å². The summed E-state index contributed by atoms with van der Waals surface area (Å²) in [6.07, 6.45) is 0. The molecule has 0 saturated carbocycles. The van der Waals surface area contributed by atoms with E-state index in [2.05, 4.69) is 77.1 Å². The topological polar surface area (TPSA) is 0 Å². The molecule has 0 spiro atoms. The molecule has 0 unspecified atom stereocenters. The standard InChI is InChI=1S/C9H12.C8H10.3C2H6.CH3.U/c1-7-4-8(2)6-9(3)5-7;1-7-4-3-5-8(2)6-7;3*1-2;;/h4-6H,1-3H3;3-6H,1-2H3;3*1-2H3;1H3;/q;;;;;-1;. The van der Waals surface area contributed by atoms with Crippen LogP contribution in [0.2, 0.25) is 0 Å². The van der Waals surface area contributed by atoms with Crippen LogP contribution in [0.5, 0.6) is 0 Å². The van der Waals surface area contributed by atoms with Crippen LogP contribution in [0.3, 0.4) is 0 Å². The quantitative estimate of drug-likeness (QED) is 0.279. The minimum Gasteiger partial charge on any atom is -0.358 e. The third kappa shape index (κ3) is 23.5. The molecule has 2 aromatic rings. The van der Waals surface area contributed by atoms with E-state index in [0.29, 0.717) is 0 Å². The second-order valence-electron chi connectivity index (χ2n) is 4.82. The van der Waals surface area contributed by atoms with E-state index in [4.69, 9.17) is 0 Å². The second-order valence-corrected chi connectivity index (χ2v) is 4.82. The zero-order chi connectivity index (χ0) is 18.8. The fourth-order valence-corrected chi connectivity index (χ4v) is 2.01. The molecule has 0 fully saturated rings. The van der Waals surface area contributed by atoms with E-state index >= 15 is 0 Å². The van der Waals surface area contributed by atoms with Crippen LogP contribution in [-0.2, 0) is 0 Å². The van der Waals surface area contributed by atoms with Gasteiger partial charge in [-0.05, 0) is 34.6 Å². The molecule has 0 N–H and O–H groups in total. The largest absolute Gasteiger partial charge is 0.358 e. The maximum atomic E-state index is 2.19. The molecule has 0 bridgehead atoms. The Morgan fingerprint density at radius 1 is 0.440 bits per heavy atom. The molecule has 2 aromatic carbocycles. The van der Waals surface area contributed by atoms with Crippen LogP contribution in [0.1, 0.15) is 69.4 Å². The van der Waals surface area contributed by atoms with E-state index < -0.39 is 0 Å². The average Bonchev–Trinajstić information content (AvgIpc) is 2.52. The number of aryl methyl sites for hydroxylation is 5. The van der Waals surface area contributed by atoms with E-state index in [0.717, 1.165) is 0 Å². The van der Waals surface area contributed by atoms with Crippen LogP contribution in [-0.4, -0.2) is 0 Å². The molecule has 0 amide bonds. The van der Waals surface area contributed by atoms with Gasteiger partial charge in [0.05, 0.1) is 0 Å². The zero-order valence-corrected chi connectivity index (χ0v) is 23.2. The molecule has 0 heterocycles. The summed E-state index contributed by atoms with van der Waals surface area (Å²) in [5, 5.41) is 0. The van der Waals surface area contributed by atoms with Crippen molar-refractivity contribution in [3.63, 3.8) is 0 Å². The molecule has 25 heavy (non-hydrogen) atoms. The van der Waals surface area contributed by atoms with Gasteiger partial charge in [-0.25, -0.2) is 0 Å². The molecule has 144 valence electrons. The maximum Gasteiger partial charge on any atom is 0 e. The normalized spacial score (nSPS) is 7.16. The van der Waals surface area contributed by atoms with Crippen LogP contribution in [0.15, 0.2) is 42.5 Å². The molecule has 2 rings (SSSR count). The van der Waals surface area contributed by atoms with Gasteiger partial charge in [0.15, 0.2) is 0 Å². The van der Waals surface area contributed by atoms with E-state index in [1.165, 1.54) is 27.8 Å². The van der Waals surface area contributed by atoms with Gasteiger partial charge in [-0.1, -0.05) is 112 Å². The van der Waals surface area contributed by atoms with Gasteiger partial charge < -0.3 is 7.43 Å². The van der Waals surface area contributed by atoms with Crippen molar-refractivity contribution in [2.24, 2.45) is 0 Å². The van der Waals surface area contributed by atoms with Crippen molar-refractivity contribution in [3.8, 4) is 0 Å². The number of benzene rings is 2. The minimum absolute atomic E-state index is 0. The van der Waals surface area contributed by atoms with Gasteiger partial charge in [0.25, 0.3) is 0 Å². The van der Waals surface area contributed by atoms with Gasteiger partial charge in [-0.3, -0.25) is 0 Å². The van der Waals surface area contributed by atoms with Crippen LogP contribution < -0.4 is 0 Å². The van der Waals surface area contributed by atoms with Crippen LogP contribution >= 0.6 is 0 Å². The van der Waals surface area contributed by atoms with Crippen LogP contribution in [0.4, 0.5) is 0 Å². The van der Waals surface area contributed by atoms with Crippen molar-refractivity contribution in [1.29, 1.82) is 0 Å². The molecular weight excluding hydrogens is 526 g/mol. The molecule has 0 aliphatic carbocycles. The van der Waals surface area contributed by atoms with Crippen molar-refractivity contribution < 1.29 is 31.1 Å². The number of hydrogen-bond acceptors (Lipinski definition) is 0. The first kappa shape index (κ1) is 35.6. The SMILES string of the molecule is CC.CC.CC.Cc1cc(C)cc(C)c1.Cc1cccc(C)c1.[CH3-].[U]. The Bertz CT molecular complexity index is 419. The third-order valence-electron chi connectivity index (χ3n) is 2.54. The molecule has 0 aliphatic heterocycles. The second kappa shape index (κ2) is 25.7. The predicted molar refractivity (Wildman–Crippen MR) is 117 cm³/mol. The first-order valence-corrected chi connectivity index (χ1v) is 9.05. The Morgan fingerprint density at radius 3 is 0.800 bits per heavy atom. The zero-order valence-electron chi connectivity index (χ0n) is 19.0. The minimum atomic E-state index is 0. The predicted octanol–water partition coefficient (Wildman–Crippen LogP) is 8.44. The van der Waals surface area contributed by atoms with Gasteiger partial charge in [0, 0.05) is 31.1 Å². The molecule has 0 nitrogen and oxygen atoms in total. The fourth-order valence-electron chi connectivity index (χ4n) is 2.01. The van der Waals surface area contributed by atoms with E-state index in [-0.39, 0.29) is 38.5 Å². The summed E-state index contributed by atoms with van der Waals surface area (Å²) in [7, 11) is 0. The molecular formula is C24H43U-.